The Balaban J connectivity index is 2.97. The molecule has 0 saturated carbocycles. The molecule has 1 aromatic carbocycles. The highest BCUT2D eigenvalue weighted by molar-refractivity contribution is 6.35. The third kappa shape index (κ3) is 3.65. The van der Waals surface area contributed by atoms with E-state index in [0.717, 1.165) is 4.90 Å². The summed E-state index contributed by atoms with van der Waals surface area (Å²) >= 11 is 5.80. The van der Waals surface area contributed by atoms with Crippen LogP contribution in [0, 0.1) is 10.1 Å². The van der Waals surface area contributed by atoms with Crippen molar-refractivity contribution in [2.45, 2.75) is 6.42 Å². The summed E-state index contributed by atoms with van der Waals surface area (Å²) < 4.78 is 0. The number of carbonyl (C=O) groups excluding carboxylic acids is 1. The van der Waals surface area contributed by atoms with Crippen LogP contribution in [0.5, 0.6) is 0 Å². The third-order valence-corrected chi connectivity index (χ3v) is 2.81. The van der Waals surface area contributed by atoms with Gasteiger partial charge in [-0.1, -0.05) is 17.7 Å². The van der Waals surface area contributed by atoms with E-state index in [1.54, 1.807) is 0 Å². The second kappa shape index (κ2) is 6.14. The number of halogens is 1. The minimum absolute atomic E-state index is 0.00676. The van der Waals surface area contributed by atoms with Crippen molar-refractivity contribution >= 4 is 29.2 Å². The van der Waals surface area contributed by atoms with Crippen LogP contribution in [0.2, 0.25) is 5.02 Å². The van der Waals surface area contributed by atoms with Crippen molar-refractivity contribution < 1.29 is 19.6 Å². The maximum atomic E-state index is 12.0. The number of carbonyl (C=O) groups is 2. The van der Waals surface area contributed by atoms with Crippen molar-refractivity contribution in [1.29, 1.82) is 0 Å². The topological polar surface area (TPSA) is 101 Å². The first-order chi connectivity index (χ1) is 8.84. The summed E-state index contributed by atoms with van der Waals surface area (Å²) in [5.41, 5.74) is -0.386. The summed E-state index contributed by atoms with van der Waals surface area (Å²) in [5.74, 6) is -1.60. The lowest BCUT2D eigenvalue weighted by atomic mass is 10.1. The van der Waals surface area contributed by atoms with Crippen LogP contribution in [0.3, 0.4) is 0 Å². The van der Waals surface area contributed by atoms with Gasteiger partial charge in [-0.3, -0.25) is 19.7 Å². The average molecular weight is 287 g/mol. The summed E-state index contributed by atoms with van der Waals surface area (Å²) in [6, 6.07) is 3.90. The van der Waals surface area contributed by atoms with E-state index >= 15 is 0 Å². The van der Waals surface area contributed by atoms with E-state index in [9.17, 15) is 19.7 Å². The first kappa shape index (κ1) is 14.9. The van der Waals surface area contributed by atoms with Crippen molar-refractivity contribution in [3.8, 4) is 0 Å². The smallest absolute Gasteiger partial charge is 0.305 e. The molecule has 0 fully saturated rings. The first-order valence-corrected chi connectivity index (χ1v) is 5.62. The predicted molar refractivity (Wildman–Crippen MR) is 67.3 cm³/mol. The van der Waals surface area contributed by atoms with Gasteiger partial charge in [-0.05, 0) is 6.07 Å². The summed E-state index contributed by atoms with van der Waals surface area (Å²) in [7, 11) is 1.40. The molecular weight excluding hydrogens is 276 g/mol. The Labute approximate surface area is 113 Å². The van der Waals surface area contributed by atoms with Gasteiger partial charge in [-0.2, -0.15) is 0 Å². The van der Waals surface area contributed by atoms with Gasteiger partial charge >= 0.3 is 5.97 Å². The Hall–Kier alpha value is -2.15. The van der Waals surface area contributed by atoms with Gasteiger partial charge in [0.15, 0.2) is 0 Å². The van der Waals surface area contributed by atoms with E-state index in [-0.39, 0.29) is 29.2 Å². The second-order valence-electron chi connectivity index (χ2n) is 3.77. The van der Waals surface area contributed by atoms with E-state index in [1.165, 1.54) is 25.2 Å². The number of carboxylic acids is 1. The number of nitro groups is 1. The highest BCUT2D eigenvalue weighted by Gasteiger charge is 2.22. The van der Waals surface area contributed by atoms with Crippen LogP contribution >= 0.6 is 11.6 Å². The lowest BCUT2D eigenvalue weighted by Gasteiger charge is -2.16. The zero-order valence-corrected chi connectivity index (χ0v) is 10.8. The first-order valence-electron chi connectivity index (χ1n) is 5.24. The normalized spacial score (nSPS) is 10.0. The van der Waals surface area contributed by atoms with Gasteiger partial charge in [-0.15, -0.1) is 0 Å². The highest BCUT2D eigenvalue weighted by Crippen LogP contribution is 2.28. The summed E-state index contributed by atoms with van der Waals surface area (Å²) in [5, 5.41) is 19.0. The fourth-order valence-electron chi connectivity index (χ4n) is 1.40. The Morgan fingerprint density at radius 3 is 2.63 bits per heavy atom. The molecule has 0 heterocycles. The Morgan fingerprint density at radius 1 is 1.47 bits per heavy atom. The number of benzene rings is 1. The number of hydrogen-bond acceptors (Lipinski definition) is 4. The van der Waals surface area contributed by atoms with Crippen LogP contribution in [0.4, 0.5) is 5.69 Å². The molecule has 1 amide bonds. The minimum Gasteiger partial charge on any atom is -0.481 e. The molecule has 0 radical (unpaired) electrons. The molecule has 0 spiro atoms. The van der Waals surface area contributed by atoms with Gasteiger partial charge in [0.2, 0.25) is 0 Å². The van der Waals surface area contributed by atoms with Gasteiger partial charge in [0.1, 0.15) is 5.02 Å². The Morgan fingerprint density at radius 2 is 2.11 bits per heavy atom. The highest BCUT2D eigenvalue weighted by atomic mass is 35.5. The number of rotatable bonds is 5. The predicted octanol–water partition coefficient (Wildman–Crippen LogP) is 1.79. The van der Waals surface area contributed by atoms with Crippen molar-refractivity contribution in [1.82, 2.24) is 4.90 Å². The standard InChI is InChI=1S/C11H11ClN2O5/c1-13(6-5-9(15)16)11(17)7-3-2-4-8(10(7)12)14(18)19/h2-4H,5-6H2,1H3,(H,15,16). The van der Waals surface area contributed by atoms with E-state index in [2.05, 4.69) is 0 Å². The molecule has 0 atom stereocenters. The molecule has 8 heteroatoms. The third-order valence-electron chi connectivity index (χ3n) is 2.41. The van der Waals surface area contributed by atoms with Crippen molar-refractivity contribution in [3.05, 3.63) is 38.9 Å². The monoisotopic (exact) mass is 286 g/mol. The van der Waals surface area contributed by atoms with Gasteiger partial charge in [-0.25, -0.2) is 0 Å². The molecule has 0 aromatic heterocycles. The van der Waals surface area contributed by atoms with Crippen LogP contribution in [0.25, 0.3) is 0 Å². The maximum Gasteiger partial charge on any atom is 0.305 e. The van der Waals surface area contributed by atoms with Crippen LogP contribution in [-0.4, -0.2) is 40.4 Å². The van der Waals surface area contributed by atoms with Crippen LogP contribution < -0.4 is 0 Å². The largest absolute Gasteiger partial charge is 0.481 e. The molecular formula is C11H11ClN2O5. The molecule has 1 rings (SSSR count). The molecule has 1 aromatic rings. The Kier molecular flexibility index (Phi) is 4.82. The van der Waals surface area contributed by atoms with Crippen molar-refractivity contribution in [2.24, 2.45) is 0 Å². The van der Waals surface area contributed by atoms with E-state index in [0.29, 0.717) is 0 Å². The molecule has 0 saturated heterocycles. The van der Waals surface area contributed by atoms with E-state index < -0.39 is 16.8 Å². The van der Waals surface area contributed by atoms with Crippen LogP contribution in [0.15, 0.2) is 18.2 Å². The van der Waals surface area contributed by atoms with Gasteiger partial charge < -0.3 is 10.0 Å². The molecule has 1 N–H and O–H groups in total. The maximum absolute atomic E-state index is 12.0. The summed E-state index contributed by atoms with van der Waals surface area (Å²) in [6.45, 7) is -0.00676. The number of amides is 1. The molecule has 0 aliphatic rings. The molecule has 102 valence electrons. The molecule has 19 heavy (non-hydrogen) atoms. The lowest BCUT2D eigenvalue weighted by molar-refractivity contribution is -0.384. The molecule has 0 aliphatic carbocycles. The fourth-order valence-corrected chi connectivity index (χ4v) is 1.67. The number of carboxylic acid groups (broad SMARTS) is 1. The molecule has 7 nitrogen and oxygen atoms in total. The average Bonchev–Trinajstić information content (AvgIpc) is 2.34. The van der Waals surface area contributed by atoms with E-state index in [1.807, 2.05) is 0 Å². The van der Waals surface area contributed by atoms with Crippen LogP contribution in [0.1, 0.15) is 16.8 Å². The van der Waals surface area contributed by atoms with Gasteiger partial charge in [0.05, 0.1) is 16.9 Å². The van der Waals surface area contributed by atoms with E-state index in [4.69, 9.17) is 16.7 Å². The number of hydrogen-bond donors (Lipinski definition) is 1. The number of nitro benzene ring substituents is 1. The minimum atomic E-state index is -1.04. The van der Waals surface area contributed by atoms with Gasteiger partial charge in [0, 0.05) is 19.7 Å². The zero-order chi connectivity index (χ0) is 14.6. The quantitative estimate of drug-likeness (QED) is 0.657. The SMILES string of the molecule is CN(CCC(=O)O)C(=O)c1cccc([N+](=O)[O-])c1Cl. The van der Waals surface area contributed by atoms with Gasteiger partial charge in [0.25, 0.3) is 11.6 Å². The molecule has 0 unspecified atom stereocenters. The Bertz CT molecular complexity index is 532. The zero-order valence-electron chi connectivity index (χ0n) is 10.00. The van der Waals surface area contributed by atoms with Crippen LogP contribution in [-0.2, 0) is 4.79 Å². The molecule has 0 aliphatic heterocycles. The van der Waals surface area contributed by atoms with Crippen molar-refractivity contribution in [3.63, 3.8) is 0 Å². The molecule has 0 bridgehead atoms. The summed E-state index contributed by atoms with van der Waals surface area (Å²) in [6.07, 6.45) is -0.214. The van der Waals surface area contributed by atoms with Crippen molar-refractivity contribution in [2.75, 3.05) is 13.6 Å². The number of nitrogens with zero attached hydrogens (tertiary/aromatic N) is 2. The lowest BCUT2D eigenvalue weighted by Crippen LogP contribution is -2.29. The summed E-state index contributed by atoms with van der Waals surface area (Å²) in [4.78, 5) is 33.6. The second-order valence-corrected chi connectivity index (χ2v) is 4.14. The number of aliphatic carboxylic acids is 1. The fraction of sp³-hybridized carbons (Fsp3) is 0.273.